The van der Waals surface area contributed by atoms with Crippen LogP contribution in [0.5, 0.6) is 11.5 Å². The standard InChI is InChI=1S/C23H30N2O5S/c1-15(2)29-18-10-8-17(9-11-18)24-22(26)21-14-25(31(6,27)28)19-13-16(23(3,4)5)7-12-20(19)30-21/h7-13,15,21H,14H2,1-6H3,(H,24,26). The Morgan fingerprint density at radius 3 is 2.35 bits per heavy atom. The predicted octanol–water partition coefficient (Wildman–Crippen LogP) is 3.94. The summed E-state index contributed by atoms with van der Waals surface area (Å²) in [4.78, 5) is 12.8. The molecule has 0 saturated carbocycles. The highest BCUT2D eigenvalue weighted by atomic mass is 32.2. The van der Waals surface area contributed by atoms with Gasteiger partial charge in [0.1, 0.15) is 11.5 Å². The Kier molecular flexibility index (Phi) is 6.23. The van der Waals surface area contributed by atoms with Crippen molar-refractivity contribution in [1.29, 1.82) is 0 Å². The molecule has 2 aromatic carbocycles. The lowest BCUT2D eigenvalue weighted by Crippen LogP contribution is -2.48. The summed E-state index contributed by atoms with van der Waals surface area (Å²) in [5.74, 6) is 0.649. The fraction of sp³-hybridized carbons (Fsp3) is 0.435. The number of hydrogen-bond acceptors (Lipinski definition) is 5. The Balaban J connectivity index is 1.83. The van der Waals surface area contributed by atoms with Crippen LogP contribution in [0, 0.1) is 0 Å². The zero-order chi connectivity index (χ0) is 23.0. The lowest BCUT2D eigenvalue weighted by Gasteiger charge is -2.35. The molecular formula is C23H30N2O5S. The van der Waals surface area contributed by atoms with E-state index in [1.807, 2.05) is 26.0 Å². The van der Waals surface area contributed by atoms with E-state index in [2.05, 4.69) is 26.1 Å². The van der Waals surface area contributed by atoms with E-state index >= 15 is 0 Å². The maximum Gasteiger partial charge on any atom is 0.267 e. The topological polar surface area (TPSA) is 84.9 Å². The zero-order valence-corrected chi connectivity index (χ0v) is 19.6. The van der Waals surface area contributed by atoms with Gasteiger partial charge in [-0.1, -0.05) is 26.8 Å². The van der Waals surface area contributed by atoms with Crippen molar-refractivity contribution in [2.75, 3.05) is 22.4 Å². The first-order valence-electron chi connectivity index (χ1n) is 10.2. The number of anilines is 2. The third-order valence-corrected chi connectivity index (χ3v) is 6.03. The minimum absolute atomic E-state index is 0.0527. The molecule has 3 rings (SSSR count). The van der Waals surface area contributed by atoms with E-state index in [0.717, 1.165) is 11.8 Å². The molecule has 0 aromatic heterocycles. The van der Waals surface area contributed by atoms with Gasteiger partial charge in [0.05, 0.1) is 24.6 Å². The second-order valence-corrected chi connectivity index (χ2v) is 10.9. The predicted molar refractivity (Wildman–Crippen MR) is 123 cm³/mol. The van der Waals surface area contributed by atoms with Gasteiger partial charge in [0.2, 0.25) is 10.0 Å². The molecule has 1 atom stereocenters. The number of sulfonamides is 1. The first-order chi connectivity index (χ1) is 14.3. The number of amides is 1. The highest BCUT2D eigenvalue weighted by molar-refractivity contribution is 7.92. The van der Waals surface area contributed by atoms with E-state index in [-0.39, 0.29) is 18.1 Å². The molecule has 0 aliphatic carbocycles. The van der Waals surface area contributed by atoms with Gasteiger partial charge in [-0.25, -0.2) is 8.42 Å². The number of nitrogens with one attached hydrogen (secondary N) is 1. The molecule has 1 aliphatic rings. The molecule has 8 heteroatoms. The smallest absolute Gasteiger partial charge is 0.267 e. The molecule has 7 nitrogen and oxygen atoms in total. The third kappa shape index (κ3) is 5.50. The third-order valence-electron chi connectivity index (χ3n) is 4.88. The molecule has 1 N–H and O–H groups in total. The lowest BCUT2D eigenvalue weighted by molar-refractivity contribution is -0.122. The molecule has 31 heavy (non-hydrogen) atoms. The van der Waals surface area contributed by atoms with Crippen LogP contribution in [0.1, 0.15) is 40.2 Å². The van der Waals surface area contributed by atoms with Crippen molar-refractivity contribution in [3.05, 3.63) is 48.0 Å². The van der Waals surface area contributed by atoms with Gasteiger partial charge in [0.25, 0.3) is 5.91 Å². The zero-order valence-electron chi connectivity index (χ0n) is 18.8. The number of rotatable bonds is 5. The maximum absolute atomic E-state index is 12.8. The van der Waals surface area contributed by atoms with Crippen molar-refractivity contribution in [3.63, 3.8) is 0 Å². The van der Waals surface area contributed by atoms with Gasteiger partial charge in [0, 0.05) is 5.69 Å². The molecule has 0 fully saturated rings. The minimum Gasteiger partial charge on any atom is -0.491 e. The number of ether oxygens (including phenoxy) is 2. The van der Waals surface area contributed by atoms with Crippen LogP contribution in [0.15, 0.2) is 42.5 Å². The van der Waals surface area contributed by atoms with Crippen LogP contribution in [0.2, 0.25) is 0 Å². The number of benzene rings is 2. The number of hydrogen-bond donors (Lipinski definition) is 1. The van der Waals surface area contributed by atoms with Crippen molar-refractivity contribution in [1.82, 2.24) is 0 Å². The first-order valence-corrected chi connectivity index (χ1v) is 12.1. The normalized spacial score (nSPS) is 16.5. The molecule has 168 valence electrons. The number of nitrogens with zero attached hydrogens (tertiary/aromatic N) is 1. The molecule has 1 heterocycles. The molecule has 0 spiro atoms. The van der Waals surface area contributed by atoms with E-state index in [1.165, 1.54) is 4.31 Å². The second kappa shape index (κ2) is 8.42. The van der Waals surface area contributed by atoms with Crippen LogP contribution in [0.25, 0.3) is 0 Å². The van der Waals surface area contributed by atoms with Crippen molar-refractivity contribution in [2.24, 2.45) is 0 Å². The van der Waals surface area contributed by atoms with Crippen LogP contribution >= 0.6 is 0 Å². The first kappa shape index (κ1) is 22.9. The van der Waals surface area contributed by atoms with Crippen LogP contribution < -0.4 is 19.1 Å². The Bertz CT molecular complexity index is 1060. The molecular weight excluding hydrogens is 416 g/mol. The summed E-state index contributed by atoms with van der Waals surface area (Å²) in [7, 11) is -3.60. The highest BCUT2D eigenvalue weighted by Crippen LogP contribution is 2.38. The monoisotopic (exact) mass is 446 g/mol. The van der Waals surface area contributed by atoms with E-state index < -0.39 is 22.0 Å². The van der Waals surface area contributed by atoms with Gasteiger partial charge < -0.3 is 14.8 Å². The van der Waals surface area contributed by atoms with Crippen LogP contribution in [0.3, 0.4) is 0 Å². The summed E-state index contributed by atoms with van der Waals surface area (Å²) in [6, 6.07) is 12.4. The molecule has 1 aliphatic heterocycles. The minimum atomic E-state index is -3.60. The second-order valence-electron chi connectivity index (χ2n) is 9.01. The van der Waals surface area contributed by atoms with Crippen molar-refractivity contribution < 1.29 is 22.7 Å². The molecule has 0 radical (unpaired) electrons. The quantitative estimate of drug-likeness (QED) is 0.752. The van der Waals surface area contributed by atoms with Crippen molar-refractivity contribution in [2.45, 2.75) is 52.2 Å². The van der Waals surface area contributed by atoms with Crippen LogP contribution in [-0.2, 0) is 20.2 Å². The SMILES string of the molecule is CC(C)Oc1ccc(NC(=O)C2CN(S(C)(=O)=O)c3cc(C(C)(C)C)ccc3O2)cc1. The van der Waals surface area contributed by atoms with Crippen molar-refractivity contribution in [3.8, 4) is 11.5 Å². The van der Waals surface area contributed by atoms with E-state index in [9.17, 15) is 13.2 Å². The molecule has 2 aromatic rings. The molecule has 0 saturated heterocycles. The Morgan fingerprint density at radius 1 is 1.16 bits per heavy atom. The van der Waals surface area contributed by atoms with E-state index in [0.29, 0.717) is 22.9 Å². The van der Waals surface area contributed by atoms with Gasteiger partial charge in [-0.05, 0) is 61.2 Å². The van der Waals surface area contributed by atoms with E-state index in [4.69, 9.17) is 9.47 Å². The molecule has 0 bridgehead atoms. The largest absolute Gasteiger partial charge is 0.491 e. The van der Waals surface area contributed by atoms with Crippen LogP contribution in [0.4, 0.5) is 11.4 Å². The number of carbonyl (C=O) groups excluding carboxylic acids is 1. The highest BCUT2D eigenvalue weighted by Gasteiger charge is 2.36. The van der Waals surface area contributed by atoms with Gasteiger partial charge in [0.15, 0.2) is 6.10 Å². The Morgan fingerprint density at radius 2 is 1.81 bits per heavy atom. The molecule has 1 unspecified atom stereocenters. The summed E-state index contributed by atoms with van der Waals surface area (Å²) in [6.07, 6.45) is 0.208. The Labute approximate surface area is 184 Å². The van der Waals surface area contributed by atoms with Gasteiger partial charge in [-0.3, -0.25) is 9.10 Å². The summed E-state index contributed by atoms with van der Waals surface area (Å²) < 4.78 is 37.7. The number of carbonyl (C=O) groups is 1. The van der Waals surface area contributed by atoms with Gasteiger partial charge in [-0.15, -0.1) is 0 Å². The maximum atomic E-state index is 12.8. The summed E-state index contributed by atoms with van der Waals surface area (Å²) in [5.41, 5.74) is 1.85. The fourth-order valence-corrected chi connectivity index (χ4v) is 4.19. The average molecular weight is 447 g/mol. The van der Waals surface area contributed by atoms with Crippen LogP contribution in [-0.4, -0.2) is 39.3 Å². The summed E-state index contributed by atoms with van der Waals surface area (Å²) in [5, 5.41) is 2.79. The molecule has 1 amide bonds. The fourth-order valence-electron chi connectivity index (χ4n) is 3.28. The van der Waals surface area contributed by atoms with Gasteiger partial charge >= 0.3 is 0 Å². The Hall–Kier alpha value is -2.74. The van der Waals surface area contributed by atoms with Gasteiger partial charge in [-0.2, -0.15) is 0 Å². The average Bonchev–Trinajstić information content (AvgIpc) is 2.66. The summed E-state index contributed by atoms with van der Waals surface area (Å²) >= 11 is 0. The van der Waals surface area contributed by atoms with E-state index in [1.54, 1.807) is 30.3 Å². The lowest BCUT2D eigenvalue weighted by atomic mass is 9.86. The number of fused-ring (bicyclic) bond motifs is 1. The van der Waals surface area contributed by atoms with Crippen molar-refractivity contribution >= 4 is 27.3 Å². The summed E-state index contributed by atoms with van der Waals surface area (Å²) in [6.45, 7) is 9.93.